The summed E-state index contributed by atoms with van der Waals surface area (Å²) in [5, 5.41) is 8.76. The van der Waals surface area contributed by atoms with Gasteiger partial charge in [0.25, 0.3) is 5.91 Å². The topological polar surface area (TPSA) is 96.7 Å². The molecule has 6 nitrogen and oxygen atoms in total. The highest BCUT2D eigenvalue weighted by Gasteiger charge is 2.13. The van der Waals surface area contributed by atoms with Gasteiger partial charge in [-0.05, 0) is 31.0 Å². The van der Waals surface area contributed by atoms with E-state index in [9.17, 15) is 9.18 Å². The highest BCUT2D eigenvalue weighted by Crippen LogP contribution is 2.06. The van der Waals surface area contributed by atoms with Crippen LogP contribution in [0, 0.1) is 5.82 Å². The van der Waals surface area contributed by atoms with Crippen molar-refractivity contribution < 1.29 is 9.18 Å². The van der Waals surface area contributed by atoms with Gasteiger partial charge in [-0.2, -0.15) is 4.98 Å². The standard InChI is InChI=1S/C12H14FN5O/c1-7(6-8-2-4-9(13)5-3-8)15-11(19)10-16-12(14)18-17-10/h2-5,7H,6H2,1H3,(H,15,19)(H3,14,16,17,18). The number of amides is 1. The molecule has 1 aromatic carbocycles. The minimum absolute atomic E-state index is 0.0244. The molecule has 1 aromatic heterocycles. The molecular formula is C12H14FN5O. The Kier molecular flexibility index (Phi) is 3.74. The molecule has 0 saturated carbocycles. The molecular weight excluding hydrogens is 249 g/mol. The first kappa shape index (κ1) is 13.0. The molecule has 4 N–H and O–H groups in total. The van der Waals surface area contributed by atoms with Crippen LogP contribution in [0.1, 0.15) is 23.1 Å². The Morgan fingerprint density at radius 1 is 1.47 bits per heavy atom. The van der Waals surface area contributed by atoms with Crippen molar-refractivity contribution in [2.75, 3.05) is 5.73 Å². The van der Waals surface area contributed by atoms with E-state index in [0.717, 1.165) is 5.56 Å². The maximum atomic E-state index is 12.8. The van der Waals surface area contributed by atoms with Crippen LogP contribution in [-0.4, -0.2) is 27.1 Å². The Morgan fingerprint density at radius 3 is 2.74 bits per heavy atom. The molecule has 0 aliphatic rings. The van der Waals surface area contributed by atoms with Crippen LogP contribution in [0.25, 0.3) is 0 Å². The molecule has 0 fully saturated rings. The Bertz CT molecular complexity index is 566. The number of hydrogen-bond donors (Lipinski definition) is 3. The number of carbonyl (C=O) groups excluding carboxylic acids is 1. The zero-order valence-electron chi connectivity index (χ0n) is 10.4. The first-order chi connectivity index (χ1) is 9.04. The lowest BCUT2D eigenvalue weighted by atomic mass is 10.1. The average molecular weight is 263 g/mol. The molecule has 1 unspecified atom stereocenters. The summed E-state index contributed by atoms with van der Waals surface area (Å²) in [7, 11) is 0. The summed E-state index contributed by atoms with van der Waals surface area (Å²) in [6.07, 6.45) is 0.593. The molecule has 19 heavy (non-hydrogen) atoms. The summed E-state index contributed by atoms with van der Waals surface area (Å²) in [6.45, 7) is 1.85. The van der Waals surface area contributed by atoms with Gasteiger partial charge in [-0.15, -0.1) is 5.10 Å². The number of nitrogens with two attached hydrogens (primary N) is 1. The predicted octanol–water partition coefficient (Wildman–Crippen LogP) is 0.887. The second kappa shape index (κ2) is 5.47. The number of rotatable bonds is 4. The number of carbonyl (C=O) groups is 1. The number of aromatic amines is 1. The summed E-state index contributed by atoms with van der Waals surface area (Å²) < 4.78 is 12.8. The molecule has 1 amide bonds. The van der Waals surface area contributed by atoms with E-state index in [0.29, 0.717) is 6.42 Å². The van der Waals surface area contributed by atoms with Gasteiger partial charge in [0.1, 0.15) is 5.82 Å². The number of nitrogen functional groups attached to an aromatic ring is 1. The number of anilines is 1. The number of nitrogens with zero attached hydrogens (tertiary/aromatic N) is 2. The minimum atomic E-state index is -0.376. The largest absolute Gasteiger partial charge is 0.366 e. The molecule has 2 rings (SSSR count). The van der Waals surface area contributed by atoms with Crippen molar-refractivity contribution in [3.63, 3.8) is 0 Å². The van der Waals surface area contributed by atoms with E-state index in [-0.39, 0.29) is 29.5 Å². The lowest BCUT2D eigenvalue weighted by molar-refractivity contribution is 0.0930. The SMILES string of the molecule is CC(Cc1ccc(F)cc1)NC(=O)c1nc(N)n[nH]1. The van der Waals surface area contributed by atoms with Gasteiger partial charge in [0.15, 0.2) is 0 Å². The fraction of sp³-hybridized carbons (Fsp3) is 0.250. The second-order valence-electron chi connectivity index (χ2n) is 4.25. The summed E-state index contributed by atoms with van der Waals surface area (Å²) in [5.74, 6) is -0.559. The number of nitrogens with one attached hydrogen (secondary N) is 2. The van der Waals surface area contributed by atoms with E-state index in [1.807, 2.05) is 6.92 Å². The van der Waals surface area contributed by atoms with Crippen LogP contribution in [0.3, 0.4) is 0 Å². The number of benzene rings is 1. The van der Waals surface area contributed by atoms with Crippen LogP contribution in [0.4, 0.5) is 10.3 Å². The van der Waals surface area contributed by atoms with E-state index in [2.05, 4.69) is 20.5 Å². The lowest BCUT2D eigenvalue weighted by Crippen LogP contribution is -2.34. The molecule has 1 heterocycles. The summed E-state index contributed by atoms with van der Waals surface area (Å²) in [5.41, 5.74) is 6.25. The number of halogens is 1. The Morgan fingerprint density at radius 2 is 2.16 bits per heavy atom. The van der Waals surface area contributed by atoms with Crippen molar-refractivity contribution in [1.82, 2.24) is 20.5 Å². The molecule has 2 aromatic rings. The van der Waals surface area contributed by atoms with Crippen LogP contribution < -0.4 is 11.1 Å². The van der Waals surface area contributed by atoms with Crippen LogP contribution in [0.5, 0.6) is 0 Å². The molecule has 0 spiro atoms. The van der Waals surface area contributed by atoms with E-state index in [1.165, 1.54) is 12.1 Å². The molecule has 0 bridgehead atoms. The third kappa shape index (κ3) is 3.51. The van der Waals surface area contributed by atoms with Gasteiger partial charge < -0.3 is 11.1 Å². The third-order valence-electron chi connectivity index (χ3n) is 2.55. The summed E-state index contributed by atoms with van der Waals surface area (Å²) in [6, 6.07) is 6.03. The van der Waals surface area contributed by atoms with Crippen LogP contribution >= 0.6 is 0 Å². The van der Waals surface area contributed by atoms with Crippen LogP contribution in [0.15, 0.2) is 24.3 Å². The van der Waals surface area contributed by atoms with Crippen molar-refractivity contribution >= 4 is 11.9 Å². The minimum Gasteiger partial charge on any atom is -0.366 e. The van der Waals surface area contributed by atoms with Crippen molar-refractivity contribution in [2.45, 2.75) is 19.4 Å². The van der Waals surface area contributed by atoms with Crippen molar-refractivity contribution in [2.24, 2.45) is 0 Å². The monoisotopic (exact) mass is 263 g/mol. The van der Waals surface area contributed by atoms with E-state index in [4.69, 9.17) is 5.73 Å². The van der Waals surface area contributed by atoms with E-state index < -0.39 is 0 Å². The fourth-order valence-corrected chi connectivity index (χ4v) is 1.69. The van der Waals surface area contributed by atoms with Crippen molar-refractivity contribution in [1.29, 1.82) is 0 Å². The Labute approximate surface area is 109 Å². The molecule has 0 aliphatic carbocycles. The fourth-order valence-electron chi connectivity index (χ4n) is 1.69. The quantitative estimate of drug-likeness (QED) is 0.763. The average Bonchev–Trinajstić information content (AvgIpc) is 2.79. The molecule has 7 heteroatoms. The molecule has 0 radical (unpaired) electrons. The lowest BCUT2D eigenvalue weighted by Gasteiger charge is -2.12. The van der Waals surface area contributed by atoms with Gasteiger partial charge in [-0.1, -0.05) is 12.1 Å². The predicted molar refractivity (Wildman–Crippen MR) is 67.8 cm³/mol. The molecule has 0 saturated heterocycles. The highest BCUT2D eigenvalue weighted by molar-refractivity contribution is 5.90. The third-order valence-corrected chi connectivity index (χ3v) is 2.55. The Hall–Kier alpha value is -2.44. The first-order valence-corrected chi connectivity index (χ1v) is 5.78. The number of H-pyrrole nitrogens is 1. The molecule has 1 atom stereocenters. The van der Waals surface area contributed by atoms with Gasteiger partial charge in [-0.25, -0.2) is 4.39 Å². The highest BCUT2D eigenvalue weighted by atomic mass is 19.1. The van der Waals surface area contributed by atoms with E-state index in [1.54, 1.807) is 12.1 Å². The van der Waals surface area contributed by atoms with Crippen LogP contribution in [-0.2, 0) is 6.42 Å². The number of aromatic nitrogens is 3. The molecule has 100 valence electrons. The van der Waals surface area contributed by atoms with Crippen molar-refractivity contribution in [3.05, 3.63) is 41.5 Å². The summed E-state index contributed by atoms with van der Waals surface area (Å²) in [4.78, 5) is 15.5. The van der Waals surface area contributed by atoms with Crippen LogP contribution in [0.2, 0.25) is 0 Å². The van der Waals surface area contributed by atoms with Gasteiger partial charge in [0.05, 0.1) is 0 Å². The maximum Gasteiger partial charge on any atom is 0.288 e. The second-order valence-corrected chi connectivity index (χ2v) is 4.25. The zero-order valence-corrected chi connectivity index (χ0v) is 10.4. The molecule has 0 aliphatic heterocycles. The van der Waals surface area contributed by atoms with Gasteiger partial charge >= 0.3 is 0 Å². The zero-order chi connectivity index (χ0) is 13.8. The van der Waals surface area contributed by atoms with Gasteiger partial charge in [0.2, 0.25) is 11.8 Å². The van der Waals surface area contributed by atoms with Gasteiger partial charge in [0, 0.05) is 6.04 Å². The van der Waals surface area contributed by atoms with Gasteiger partial charge in [-0.3, -0.25) is 9.89 Å². The van der Waals surface area contributed by atoms with Crippen molar-refractivity contribution in [3.8, 4) is 0 Å². The Balaban J connectivity index is 1.92. The smallest absolute Gasteiger partial charge is 0.288 e. The number of hydrogen-bond acceptors (Lipinski definition) is 4. The maximum absolute atomic E-state index is 12.8. The summed E-state index contributed by atoms with van der Waals surface area (Å²) >= 11 is 0. The van der Waals surface area contributed by atoms with E-state index >= 15 is 0 Å². The normalized spacial score (nSPS) is 12.1. The first-order valence-electron chi connectivity index (χ1n) is 5.78.